The standard InChI is InChI=1S/C15H17N3OS/c1-9-2-5-11(16)6-12(9)15(19)17-7-14-18-13(8-20-14)10-3-4-10/h2,5-6,8,10H,3-4,7,16H2,1H3,(H,17,19). The van der Waals surface area contributed by atoms with Crippen molar-refractivity contribution >= 4 is 22.9 Å². The molecule has 0 bridgehead atoms. The number of hydrogen-bond donors (Lipinski definition) is 2. The smallest absolute Gasteiger partial charge is 0.251 e. The van der Waals surface area contributed by atoms with Crippen molar-refractivity contribution in [1.29, 1.82) is 0 Å². The minimum absolute atomic E-state index is 0.0991. The lowest BCUT2D eigenvalue weighted by Crippen LogP contribution is -2.23. The van der Waals surface area contributed by atoms with Crippen molar-refractivity contribution in [2.24, 2.45) is 0 Å². The van der Waals surface area contributed by atoms with Gasteiger partial charge in [0.05, 0.1) is 12.2 Å². The zero-order chi connectivity index (χ0) is 14.1. The molecule has 0 atom stereocenters. The summed E-state index contributed by atoms with van der Waals surface area (Å²) in [7, 11) is 0. The number of carbonyl (C=O) groups excluding carboxylic acids is 1. The number of thiazole rings is 1. The highest BCUT2D eigenvalue weighted by Crippen LogP contribution is 2.40. The maximum absolute atomic E-state index is 12.2. The highest BCUT2D eigenvalue weighted by atomic mass is 32.1. The molecule has 0 radical (unpaired) electrons. The molecule has 0 spiro atoms. The van der Waals surface area contributed by atoms with Gasteiger partial charge in [-0.15, -0.1) is 11.3 Å². The molecule has 0 aliphatic heterocycles. The van der Waals surface area contributed by atoms with Gasteiger partial charge in [-0.3, -0.25) is 4.79 Å². The van der Waals surface area contributed by atoms with Gasteiger partial charge in [0.15, 0.2) is 0 Å². The van der Waals surface area contributed by atoms with Crippen molar-refractivity contribution in [2.75, 3.05) is 5.73 Å². The summed E-state index contributed by atoms with van der Waals surface area (Å²) in [6.07, 6.45) is 2.50. The summed E-state index contributed by atoms with van der Waals surface area (Å²) in [5.74, 6) is 0.560. The largest absolute Gasteiger partial charge is 0.399 e. The molecule has 0 saturated heterocycles. The molecule has 1 fully saturated rings. The Morgan fingerprint density at radius 1 is 1.50 bits per heavy atom. The Labute approximate surface area is 122 Å². The van der Waals surface area contributed by atoms with Gasteiger partial charge in [-0.25, -0.2) is 4.98 Å². The molecule has 1 aliphatic carbocycles. The SMILES string of the molecule is Cc1ccc(N)cc1C(=O)NCc1nc(C2CC2)cs1. The number of anilines is 1. The Morgan fingerprint density at radius 2 is 2.30 bits per heavy atom. The first-order chi connectivity index (χ1) is 9.63. The average Bonchev–Trinajstić information content (AvgIpc) is 3.18. The Kier molecular flexibility index (Phi) is 3.44. The molecular formula is C15H17N3OS. The number of aromatic nitrogens is 1. The second kappa shape index (κ2) is 5.25. The van der Waals surface area contributed by atoms with Gasteiger partial charge in [0.25, 0.3) is 5.91 Å². The normalized spacial score (nSPS) is 14.2. The van der Waals surface area contributed by atoms with Crippen molar-refractivity contribution in [1.82, 2.24) is 10.3 Å². The van der Waals surface area contributed by atoms with Crippen LogP contribution in [0.3, 0.4) is 0 Å². The number of nitrogens with one attached hydrogen (secondary N) is 1. The number of nitrogen functional groups attached to an aromatic ring is 1. The van der Waals surface area contributed by atoms with Crippen LogP contribution in [0.15, 0.2) is 23.6 Å². The topological polar surface area (TPSA) is 68.0 Å². The van der Waals surface area contributed by atoms with E-state index in [1.165, 1.54) is 18.5 Å². The molecule has 1 heterocycles. The van der Waals surface area contributed by atoms with Crippen molar-refractivity contribution < 1.29 is 4.79 Å². The van der Waals surface area contributed by atoms with Crippen molar-refractivity contribution in [3.8, 4) is 0 Å². The average molecular weight is 287 g/mol. The molecule has 104 valence electrons. The summed E-state index contributed by atoms with van der Waals surface area (Å²) in [6.45, 7) is 2.38. The second-order valence-electron chi connectivity index (χ2n) is 5.20. The molecule has 5 heteroatoms. The van der Waals surface area contributed by atoms with Crippen molar-refractivity contribution in [3.63, 3.8) is 0 Å². The van der Waals surface area contributed by atoms with Crippen LogP contribution >= 0.6 is 11.3 Å². The molecule has 3 rings (SSSR count). The van der Waals surface area contributed by atoms with E-state index in [1.54, 1.807) is 23.5 Å². The van der Waals surface area contributed by atoms with Crippen LogP contribution < -0.4 is 11.1 Å². The molecule has 2 aromatic rings. The fourth-order valence-electron chi connectivity index (χ4n) is 2.11. The fraction of sp³-hybridized carbons (Fsp3) is 0.333. The van der Waals surface area contributed by atoms with Crippen LogP contribution in [0.5, 0.6) is 0 Å². The second-order valence-corrected chi connectivity index (χ2v) is 6.14. The van der Waals surface area contributed by atoms with Gasteiger partial charge in [-0.05, 0) is 37.5 Å². The minimum Gasteiger partial charge on any atom is -0.399 e. The summed E-state index contributed by atoms with van der Waals surface area (Å²) in [5, 5.41) is 5.97. The Hall–Kier alpha value is -1.88. The molecule has 1 aliphatic rings. The van der Waals surface area contributed by atoms with E-state index in [2.05, 4.69) is 15.7 Å². The monoisotopic (exact) mass is 287 g/mol. The van der Waals surface area contributed by atoms with E-state index in [9.17, 15) is 4.79 Å². The van der Waals surface area contributed by atoms with Gasteiger partial charge < -0.3 is 11.1 Å². The lowest BCUT2D eigenvalue weighted by atomic mass is 10.1. The quantitative estimate of drug-likeness (QED) is 0.850. The van der Waals surface area contributed by atoms with Crippen molar-refractivity contribution in [2.45, 2.75) is 32.2 Å². The first-order valence-electron chi connectivity index (χ1n) is 6.72. The molecule has 1 aromatic carbocycles. The van der Waals surface area contributed by atoms with Gasteiger partial charge >= 0.3 is 0 Å². The Morgan fingerprint density at radius 3 is 3.05 bits per heavy atom. The number of carbonyl (C=O) groups is 1. The molecule has 4 nitrogen and oxygen atoms in total. The molecule has 1 saturated carbocycles. The zero-order valence-corrected chi connectivity index (χ0v) is 12.2. The minimum atomic E-state index is -0.0991. The predicted molar refractivity (Wildman–Crippen MR) is 80.9 cm³/mol. The van der Waals surface area contributed by atoms with Crippen LogP contribution in [0.4, 0.5) is 5.69 Å². The van der Waals surface area contributed by atoms with Crippen LogP contribution in [-0.2, 0) is 6.54 Å². The van der Waals surface area contributed by atoms with Crippen LogP contribution in [0.2, 0.25) is 0 Å². The van der Waals surface area contributed by atoms with Gasteiger partial charge in [-0.1, -0.05) is 6.07 Å². The summed E-state index contributed by atoms with van der Waals surface area (Å²) < 4.78 is 0. The third kappa shape index (κ3) is 2.82. The highest BCUT2D eigenvalue weighted by Gasteiger charge is 2.26. The maximum Gasteiger partial charge on any atom is 0.251 e. The van der Waals surface area contributed by atoms with E-state index in [0.29, 0.717) is 23.7 Å². The van der Waals surface area contributed by atoms with E-state index >= 15 is 0 Å². The molecule has 1 aromatic heterocycles. The van der Waals surface area contributed by atoms with Crippen LogP contribution in [0, 0.1) is 6.92 Å². The van der Waals surface area contributed by atoms with Crippen LogP contribution in [-0.4, -0.2) is 10.9 Å². The third-order valence-corrected chi connectivity index (χ3v) is 4.34. The maximum atomic E-state index is 12.2. The third-order valence-electron chi connectivity index (χ3n) is 3.47. The summed E-state index contributed by atoms with van der Waals surface area (Å²) in [4.78, 5) is 16.7. The molecular weight excluding hydrogens is 270 g/mol. The number of benzene rings is 1. The Balaban J connectivity index is 1.64. The summed E-state index contributed by atoms with van der Waals surface area (Å²) in [6, 6.07) is 5.37. The fourth-order valence-corrected chi connectivity index (χ4v) is 2.92. The van der Waals surface area contributed by atoms with E-state index in [1.807, 2.05) is 13.0 Å². The number of amides is 1. The van der Waals surface area contributed by atoms with Crippen LogP contribution in [0.1, 0.15) is 45.4 Å². The van der Waals surface area contributed by atoms with E-state index in [0.717, 1.165) is 10.6 Å². The lowest BCUT2D eigenvalue weighted by molar-refractivity contribution is 0.0950. The van der Waals surface area contributed by atoms with Gasteiger partial charge in [0, 0.05) is 22.5 Å². The van der Waals surface area contributed by atoms with Gasteiger partial charge in [0.1, 0.15) is 5.01 Å². The number of nitrogens with two attached hydrogens (primary N) is 1. The van der Waals surface area contributed by atoms with E-state index in [-0.39, 0.29) is 5.91 Å². The molecule has 3 N–H and O–H groups in total. The first kappa shape index (κ1) is 13.1. The number of aryl methyl sites for hydroxylation is 1. The number of nitrogens with zero attached hydrogens (tertiary/aromatic N) is 1. The molecule has 20 heavy (non-hydrogen) atoms. The van der Waals surface area contributed by atoms with E-state index in [4.69, 9.17) is 5.73 Å². The first-order valence-corrected chi connectivity index (χ1v) is 7.60. The van der Waals surface area contributed by atoms with Gasteiger partial charge in [-0.2, -0.15) is 0 Å². The predicted octanol–water partition coefficient (Wildman–Crippen LogP) is 2.84. The number of rotatable bonds is 4. The van der Waals surface area contributed by atoms with Crippen LogP contribution in [0.25, 0.3) is 0 Å². The van der Waals surface area contributed by atoms with E-state index < -0.39 is 0 Å². The van der Waals surface area contributed by atoms with Crippen molar-refractivity contribution in [3.05, 3.63) is 45.4 Å². The molecule has 0 unspecified atom stereocenters. The zero-order valence-electron chi connectivity index (χ0n) is 11.3. The highest BCUT2D eigenvalue weighted by molar-refractivity contribution is 7.09. The molecule has 1 amide bonds. The summed E-state index contributed by atoms with van der Waals surface area (Å²) >= 11 is 1.61. The Bertz CT molecular complexity index is 646. The summed E-state index contributed by atoms with van der Waals surface area (Å²) in [5.41, 5.74) is 9.06. The van der Waals surface area contributed by atoms with Gasteiger partial charge in [0.2, 0.25) is 0 Å². The lowest BCUT2D eigenvalue weighted by Gasteiger charge is -2.07. The number of hydrogen-bond acceptors (Lipinski definition) is 4.